The number of aromatic nitrogens is 4. The predicted molar refractivity (Wildman–Crippen MR) is 72.2 cm³/mol. The molecule has 0 aliphatic heterocycles. The summed E-state index contributed by atoms with van der Waals surface area (Å²) in [5.74, 6) is -0.606. The Morgan fingerprint density at radius 2 is 2.10 bits per heavy atom. The smallest absolute Gasteiger partial charge is 0.268 e. The van der Waals surface area contributed by atoms with E-state index in [9.17, 15) is 9.59 Å². The monoisotopic (exact) mass is 269 g/mol. The zero-order valence-electron chi connectivity index (χ0n) is 10.6. The number of aryl methyl sites for hydroxylation is 1. The lowest BCUT2D eigenvalue weighted by atomic mass is 10.2. The fourth-order valence-corrected chi connectivity index (χ4v) is 1.86. The van der Waals surface area contributed by atoms with Crippen LogP contribution >= 0.6 is 0 Å². The van der Waals surface area contributed by atoms with E-state index in [0.717, 1.165) is 0 Å². The minimum atomic E-state index is -0.606. The molecule has 0 saturated heterocycles. The Kier molecular flexibility index (Phi) is 2.60. The third kappa shape index (κ3) is 1.95. The number of rotatable bonds is 2. The van der Waals surface area contributed by atoms with Crippen molar-refractivity contribution in [2.45, 2.75) is 0 Å². The number of hydrogen-bond acceptors (Lipinski definition) is 4. The molecule has 0 aliphatic rings. The summed E-state index contributed by atoms with van der Waals surface area (Å²) in [7, 11) is 1.68. The van der Waals surface area contributed by atoms with E-state index in [2.05, 4.69) is 10.1 Å². The highest BCUT2D eigenvalue weighted by molar-refractivity contribution is 5.91. The zero-order chi connectivity index (χ0) is 14.3. The lowest BCUT2D eigenvalue weighted by Crippen LogP contribution is -2.14. The third-order valence-corrected chi connectivity index (χ3v) is 2.97. The van der Waals surface area contributed by atoms with Gasteiger partial charge in [0.05, 0.1) is 11.9 Å². The molecule has 3 rings (SSSR count). The van der Waals surface area contributed by atoms with Gasteiger partial charge in [0.2, 0.25) is 0 Å². The van der Waals surface area contributed by atoms with Crippen molar-refractivity contribution in [3.8, 4) is 11.3 Å². The number of imidazole rings is 1. The van der Waals surface area contributed by atoms with Crippen LogP contribution in [0.1, 0.15) is 10.5 Å². The van der Waals surface area contributed by atoms with E-state index < -0.39 is 5.91 Å². The number of primary amides is 1. The van der Waals surface area contributed by atoms with Crippen molar-refractivity contribution in [3.05, 3.63) is 52.7 Å². The largest absolute Gasteiger partial charge is 0.364 e. The van der Waals surface area contributed by atoms with Crippen molar-refractivity contribution in [1.29, 1.82) is 0 Å². The van der Waals surface area contributed by atoms with Gasteiger partial charge in [-0.15, -0.1) is 0 Å². The summed E-state index contributed by atoms with van der Waals surface area (Å²) in [5.41, 5.74) is 7.04. The number of carbonyl (C=O) groups excluding carboxylic acids is 1. The molecule has 3 heterocycles. The van der Waals surface area contributed by atoms with Gasteiger partial charge in [0.15, 0.2) is 5.65 Å². The highest BCUT2D eigenvalue weighted by Crippen LogP contribution is 2.15. The van der Waals surface area contributed by atoms with Crippen molar-refractivity contribution in [3.63, 3.8) is 0 Å². The number of nitrogens with zero attached hydrogens (tertiary/aromatic N) is 4. The van der Waals surface area contributed by atoms with Gasteiger partial charge in [-0.1, -0.05) is 0 Å². The molecule has 1 amide bonds. The van der Waals surface area contributed by atoms with Gasteiger partial charge in [0.1, 0.15) is 5.69 Å². The second-order valence-corrected chi connectivity index (χ2v) is 4.38. The summed E-state index contributed by atoms with van der Waals surface area (Å²) in [6, 6.07) is 6.75. The molecule has 100 valence electrons. The highest BCUT2D eigenvalue weighted by Gasteiger charge is 2.09. The van der Waals surface area contributed by atoms with E-state index in [0.29, 0.717) is 16.9 Å². The first-order chi connectivity index (χ1) is 9.54. The van der Waals surface area contributed by atoms with Crippen LogP contribution in [0.2, 0.25) is 0 Å². The molecule has 3 aromatic heterocycles. The minimum absolute atomic E-state index is 0.118. The minimum Gasteiger partial charge on any atom is -0.364 e. The molecular weight excluding hydrogens is 258 g/mol. The molecule has 0 aliphatic carbocycles. The topological polar surface area (TPSA) is 95.3 Å². The van der Waals surface area contributed by atoms with Gasteiger partial charge in [0.25, 0.3) is 11.5 Å². The molecule has 0 spiro atoms. The van der Waals surface area contributed by atoms with Crippen LogP contribution in [0.4, 0.5) is 0 Å². The molecule has 3 aromatic rings. The molecule has 0 atom stereocenters. The lowest BCUT2D eigenvalue weighted by molar-refractivity contribution is 0.0996. The highest BCUT2D eigenvalue weighted by atomic mass is 16.1. The van der Waals surface area contributed by atoms with Crippen molar-refractivity contribution in [2.24, 2.45) is 12.8 Å². The van der Waals surface area contributed by atoms with Gasteiger partial charge in [-0.2, -0.15) is 5.10 Å². The van der Waals surface area contributed by atoms with Gasteiger partial charge in [-0.05, 0) is 18.2 Å². The predicted octanol–water partition coefficient (Wildman–Crippen LogP) is 0.194. The maximum absolute atomic E-state index is 11.6. The quantitative estimate of drug-likeness (QED) is 0.718. The Hall–Kier alpha value is -2.96. The molecule has 0 radical (unpaired) electrons. The maximum Gasteiger partial charge on any atom is 0.268 e. The van der Waals surface area contributed by atoms with Gasteiger partial charge in [0, 0.05) is 24.9 Å². The van der Waals surface area contributed by atoms with Crippen LogP contribution in [0.25, 0.3) is 16.9 Å². The number of hydrogen-bond donors (Lipinski definition) is 1. The maximum atomic E-state index is 11.6. The summed E-state index contributed by atoms with van der Waals surface area (Å²) >= 11 is 0. The summed E-state index contributed by atoms with van der Waals surface area (Å²) in [6.07, 6.45) is 3.13. The second kappa shape index (κ2) is 4.30. The summed E-state index contributed by atoms with van der Waals surface area (Å²) < 4.78 is 2.94. The second-order valence-electron chi connectivity index (χ2n) is 4.38. The van der Waals surface area contributed by atoms with Crippen LogP contribution in [0.3, 0.4) is 0 Å². The van der Waals surface area contributed by atoms with Crippen LogP contribution in [0.15, 0.2) is 41.5 Å². The Balaban J connectivity index is 2.14. The molecule has 0 bridgehead atoms. The van der Waals surface area contributed by atoms with Crippen LogP contribution < -0.4 is 11.3 Å². The molecule has 2 N–H and O–H groups in total. The lowest BCUT2D eigenvalue weighted by Gasteiger charge is -2.02. The van der Waals surface area contributed by atoms with E-state index in [1.54, 1.807) is 31.4 Å². The number of carbonyl (C=O) groups is 1. The van der Waals surface area contributed by atoms with Crippen molar-refractivity contribution in [1.82, 2.24) is 19.2 Å². The average Bonchev–Trinajstić information content (AvgIpc) is 2.85. The molecule has 0 saturated carbocycles. The standard InChI is InChI=1S/C13H11N5O2/c1-17-5-4-8(6-12(17)19)9-2-3-11-15-10(13(14)20)7-18(11)16-9/h2-7H,1H3,(H2,14,20). The normalized spacial score (nSPS) is 10.8. The van der Waals surface area contributed by atoms with Crippen LogP contribution in [0, 0.1) is 0 Å². The molecular formula is C13H11N5O2. The number of pyridine rings is 1. The summed E-state index contributed by atoms with van der Waals surface area (Å²) in [4.78, 5) is 26.7. The fraction of sp³-hybridized carbons (Fsp3) is 0.0769. The Morgan fingerprint density at radius 1 is 1.30 bits per heavy atom. The summed E-state index contributed by atoms with van der Waals surface area (Å²) in [5, 5.41) is 4.32. The Labute approximate surface area is 113 Å². The first-order valence-electron chi connectivity index (χ1n) is 5.88. The average molecular weight is 269 g/mol. The first kappa shape index (κ1) is 12.1. The number of fused-ring (bicyclic) bond motifs is 1. The summed E-state index contributed by atoms with van der Waals surface area (Å²) in [6.45, 7) is 0. The van der Waals surface area contributed by atoms with Crippen molar-refractivity contribution in [2.75, 3.05) is 0 Å². The van der Waals surface area contributed by atoms with Crippen LogP contribution in [0.5, 0.6) is 0 Å². The van der Waals surface area contributed by atoms with Crippen LogP contribution in [-0.2, 0) is 7.05 Å². The SMILES string of the molecule is Cn1ccc(-c2ccc3nc(C(N)=O)cn3n2)cc1=O. The molecule has 20 heavy (non-hydrogen) atoms. The fourth-order valence-electron chi connectivity index (χ4n) is 1.86. The zero-order valence-corrected chi connectivity index (χ0v) is 10.6. The number of nitrogens with two attached hydrogens (primary N) is 1. The Morgan fingerprint density at radius 3 is 2.80 bits per heavy atom. The van der Waals surface area contributed by atoms with Gasteiger partial charge >= 0.3 is 0 Å². The van der Waals surface area contributed by atoms with E-state index >= 15 is 0 Å². The van der Waals surface area contributed by atoms with E-state index in [-0.39, 0.29) is 11.3 Å². The van der Waals surface area contributed by atoms with Crippen molar-refractivity contribution < 1.29 is 4.79 Å². The third-order valence-electron chi connectivity index (χ3n) is 2.97. The van der Waals surface area contributed by atoms with Gasteiger partial charge < -0.3 is 10.3 Å². The molecule has 7 heteroatoms. The van der Waals surface area contributed by atoms with Gasteiger partial charge in [-0.25, -0.2) is 9.50 Å². The van der Waals surface area contributed by atoms with E-state index in [1.807, 2.05) is 0 Å². The molecule has 0 fully saturated rings. The van der Waals surface area contributed by atoms with E-state index in [1.165, 1.54) is 21.3 Å². The van der Waals surface area contributed by atoms with E-state index in [4.69, 9.17) is 5.73 Å². The van der Waals surface area contributed by atoms with Gasteiger partial charge in [-0.3, -0.25) is 9.59 Å². The van der Waals surface area contributed by atoms with Crippen molar-refractivity contribution >= 4 is 11.6 Å². The first-order valence-corrected chi connectivity index (χ1v) is 5.88. The molecule has 0 aromatic carbocycles. The van der Waals surface area contributed by atoms with Crippen LogP contribution in [-0.4, -0.2) is 25.1 Å². The molecule has 0 unspecified atom stereocenters. The Bertz CT molecular complexity index is 878. The number of amides is 1. The molecule has 7 nitrogen and oxygen atoms in total.